The van der Waals surface area contributed by atoms with Crippen LogP contribution in [0.3, 0.4) is 0 Å². The fourth-order valence-electron chi connectivity index (χ4n) is 1.77. The molecular weight excluding hydrogens is 343 g/mol. The van der Waals surface area contributed by atoms with Crippen LogP contribution in [-0.2, 0) is 11.3 Å². The van der Waals surface area contributed by atoms with E-state index in [0.717, 1.165) is 0 Å². The van der Waals surface area contributed by atoms with Gasteiger partial charge in [-0.3, -0.25) is 4.79 Å². The predicted octanol–water partition coefficient (Wildman–Crippen LogP) is 2.81. The van der Waals surface area contributed by atoms with Gasteiger partial charge in [0.15, 0.2) is 6.61 Å². The number of phenols is 1. The lowest BCUT2D eigenvalue weighted by atomic mass is 10.2. The van der Waals surface area contributed by atoms with E-state index in [9.17, 15) is 9.90 Å². The summed E-state index contributed by atoms with van der Waals surface area (Å²) in [6.45, 7) is -0.147. The summed E-state index contributed by atoms with van der Waals surface area (Å²) in [5.41, 5.74) is 11.1. The number of phenolic OH excluding ortho intramolecular Hbond substituents is 1. The molecule has 0 radical (unpaired) electrons. The largest absolute Gasteiger partial charge is 0.508 e. The molecule has 23 heavy (non-hydrogen) atoms. The minimum Gasteiger partial charge on any atom is -0.508 e. The Balaban J connectivity index is 2.24. The fraction of sp³-hybridized carbons (Fsp3) is 0.133. The number of nitrogens with two attached hydrogens (primary N) is 2. The molecule has 0 unspecified atom stereocenters. The van der Waals surface area contributed by atoms with Crippen molar-refractivity contribution in [3.63, 3.8) is 0 Å². The van der Waals surface area contributed by atoms with E-state index < -0.39 is 5.91 Å². The number of primary amides is 1. The fourth-order valence-corrected chi connectivity index (χ4v) is 2.17. The van der Waals surface area contributed by atoms with Crippen LogP contribution in [0.15, 0.2) is 30.3 Å². The Hall–Kier alpha value is -2.15. The van der Waals surface area contributed by atoms with Gasteiger partial charge in [-0.15, -0.1) is 0 Å². The van der Waals surface area contributed by atoms with Gasteiger partial charge >= 0.3 is 0 Å². The Kier molecular flexibility index (Phi) is 5.54. The molecule has 2 rings (SSSR count). The second kappa shape index (κ2) is 7.41. The van der Waals surface area contributed by atoms with Crippen molar-refractivity contribution in [2.75, 3.05) is 6.61 Å². The van der Waals surface area contributed by atoms with Crippen molar-refractivity contribution < 1.29 is 19.4 Å². The third kappa shape index (κ3) is 4.19. The maximum absolute atomic E-state index is 10.7. The number of amides is 1. The third-order valence-corrected chi connectivity index (χ3v) is 3.73. The van der Waals surface area contributed by atoms with Crippen LogP contribution in [0.5, 0.6) is 23.0 Å². The van der Waals surface area contributed by atoms with Gasteiger partial charge < -0.3 is 26.0 Å². The van der Waals surface area contributed by atoms with Crippen LogP contribution in [0, 0.1) is 0 Å². The molecule has 0 aromatic heterocycles. The zero-order chi connectivity index (χ0) is 17.0. The van der Waals surface area contributed by atoms with Crippen molar-refractivity contribution in [3.8, 4) is 23.0 Å². The van der Waals surface area contributed by atoms with Crippen LogP contribution in [0.25, 0.3) is 0 Å². The second-order valence-corrected chi connectivity index (χ2v) is 5.30. The lowest BCUT2D eigenvalue weighted by molar-refractivity contribution is -0.119. The Morgan fingerprint density at radius 3 is 2.43 bits per heavy atom. The first kappa shape index (κ1) is 17.2. The average Bonchev–Trinajstić information content (AvgIpc) is 2.52. The van der Waals surface area contributed by atoms with Crippen molar-refractivity contribution in [1.29, 1.82) is 0 Å². The highest BCUT2D eigenvalue weighted by Crippen LogP contribution is 2.41. The maximum Gasteiger partial charge on any atom is 0.255 e. The molecular formula is C15H14Cl2N2O4. The summed E-state index contributed by atoms with van der Waals surface area (Å²) in [6, 6.07) is 7.68. The van der Waals surface area contributed by atoms with Crippen LogP contribution in [-0.4, -0.2) is 17.6 Å². The Bertz CT molecular complexity index is 738. The number of carbonyl (C=O) groups excluding carboxylic acids is 1. The van der Waals surface area contributed by atoms with Crippen molar-refractivity contribution >= 4 is 29.1 Å². The molecule has 2 aromatic rings. The minimum absolute atomic E-state index is 0.0826. The number of aromatic hydroxyl groups is 1. The lowest BCUT2D eigenvalue weighted by Gasteiger charge is -2.13. The number of ether oxygens (including phenoxy) is 2. The standard InChI is InChI=1S/C15H14Cl2N2O4/c16-14-11(22-7-13(19)21)3-4-12(15(14)17)23-9-1-2-10(20)8(5-9)6-18/h1-5,20H,6-7,18H2,(H2,19,21). The van der Waals surface area contributed by atoms with Gasteiger partial charge in [-0.05, 0) is 30.3 Å². The molecule has 122 valence electrons. The maximum atomic E-state index is 10.7. The van der Waals surface area contributed by atoms with Crippen molar-refractivity contribution in [2.24, 2.45) is 11.5 Å². The van der Waals surface area contributed by atoms with E-state index in [4.69, 9.17) is 44.1 Å². The highest BCUT2D eigenvalue weighted by molar-refractivity contribution is 6.43. The first-order valence-corrected chi connectivity index (χ1v) is 7.27. The van der Waals surface area contributed by atoms with Gasteiger partial charge in [-0.2, -0.15) is 0 Å². The van der Waals surface area contributed by atoms with Crippen molar-refractivity contribution in [2.45, 2.75) is 6.54 Å². The average molecular weight is 357 g/mol. The van der Waals surface area contributed by atoms with Crippen LogP contribution in [0.1, 0.15) is 5.56 Å². The zero-order valence-corrected chi connectivity index (χ0v) is 13.4. The van der Waals surface area contributed by atoms with E-state index in [1.807, 2.05) is 0 Å². The molecule has 6 nitrogen and oxygen atoms in total. The van der Waals surface area contributed by atoms with Crippen molar-refractivity contribution in [1.82, 2.24) is 0 Å². The molecule has 5 N–H and O–H groups in total. The van der Waals surface area contributed by atoms with Gasteiger partial charge in [0.25, 0.3) is 5.91 Å². The zero-order valence-electron chi connectivity index (χ0n) is 11.9. The smallest absolute Gasteiger partial charge is 0.255 e. The molecule has 0 saturated carbocycles. The molecule has 0 saturated heterocycles. The number of hydrogen-bond acceptors (Lipinski definition) is 5. The Morgan fingerprint density at radius 2 is 1.78 bits per heavy atom. The molecule has 0 fully saturated rings. The van der Waals surface area contributed by atoms with Crippen LogP contribution < -0.4 is 20.9 Å². The van der Waals surface area contributed by atoms with Gasteiger partial charge in [0.1, 0.15) is 33.0 Å². The summed E-state index contributed by atoms with van der Waals surface area (Å²) in [4.78, 5) is 10.7. The highest BCUT2D eigenvalue weighted by atomic mass is 35.5. The van der Waals surface area contributed by atoms with Gasteiger partial charge in [-0.1, -0.05) is 23.2 Å². The van der Waals surface area contributed by atoms with Gasteiger partial charge in [0.2, 0.25) is 0 Å². The normalized spacial score (nSPS) is 10.4. The first-order chi connectivity index (χ1) is 10.9. The molecule has 0 heterocycles. The molecule has 0 aliphatic carbocycles. The van der Waals surface area contributed by atoms with E-state index in [0.29, 0.717) is 11.3 Å². The molecule has 1 amide bonds. The first-order valence-electron chi connectivity index (χ1n) is 6.51. The summed E-state index contributed by atoms with van der Waals surface area (Å²) in [7, 11) is 0. The Labute approximate surface area is 142 Å². The molecule has 0 spiro atoms. The number of rotatable bonds is 6. The van der Waals surface area contributed by atoms with E-state index in [1.165, 1.54) is 12.1 Å². The summed E-state index contributed by atoms with van der Waals surface area (Å²) < 4.78 is 10.8. The number of benzene rings is 2. The molecule has 8 heteroatoms. The number of halogens is 2. The molecule has 0 aliphatic rings. The molecule has 0 bridgehead atoms. The van der Waals surface area contributed by atoms with Gasteiger partial charge in [-0.25, -0.2) is 0 Å². The van der Waals surface area contributed by atoms with Gasteiger partial charge in [0, 0.05) is 12.1 Å². The van der Waals surface area contributed by atoms with E-state index >= 15 is 0 Å². The van der Waals surface area contributed by atoms with Crippen molar-refractivity contribution in [3.05, 3.63) is 45.9 Å². The predicted molar refractivity (Wildman–Crippen MR) is 87.2 cm³/mol. The Morgan fingerprint density at radius 1 is 1.13 bits per heavy atom. The van der Waals surface area contributed by atoms with E-state index in [-0.39, 0.29) is 40.4 Å². The molecule has 0 atom stereocenters. The van der Waals surface area contributed by atoms with E-state index in [2.05, 4.69) is 0 Å². The third-order valence-electron chi connectivity index (χ3n) is 2.88. The summed E-state index contributed by atoms with van der Waals surface area (Å²) in [5, 5.41) is 9.82. The van der Waals surface area contributed by atoms with Crippen LogP contribution in [0.4, 0.5) is 0 Å². The van der Waals surface area contributed by atoms with Crippen LogP contribution in [0.2, 0.25) is 10.0 Å². The summed E-state index contributed by atoms with van der Waals surface area (Å²) in [6.07, 6.45) is 0. The number of hydrogen-bond donors (Lipinski definition) is 3. The summed E-state index contributed by atoms with van der Waals surface area (Å²) >= 11 is 12.2. The van der Waals surface area contributed by atoms with E-state index in [1.54, 1.807) is 18.2 Å². The van der Waals surface area contributed by atoms with Crippen LogP contribution >= 0.6 is 23.2 Å². The SMILES string of the molecule is NCc1cc(Oc2ccc(OCC(N)=O)c(Cl)c2Cl)ccc1O. The quantitative estimate of drug-likeness (QED) is 0.737. The topological polar surface area (TPSA) is 108 Å². The lowest BCUT2D eigenvalue weighted by Crippen LogP contribution is -2.20. The molecule has 2 aromatic carbocycles. The highest BCUT2D eigenvalue weighted by Gasteiger charge is 2.14. The minimum atomic E-state index is -0.629. The molecule has 0 aliphatic heterocycles. The van der Waals surface area contributed by atoms with Gasteiger partial charge in [0.05, 0.1) is 0 Å². The monoisotopic (exact) mass is 356 g/mol. The summed E-state index contributed by atoms with van der Waals surface area (Å²) in [5.74, 6) is 0.398. The second-order valence-electron chi connectivity index (χ2n) is 4.54. The number of carbonyl (C=O) groups is 1.